The van der Waals surface area contributed by atoms with Crippen molar-refractivity contribution < 1.29 is 18.0 Å². The number of hydrogen-bond donors (Lipinski definition) is 0. The number of rotatable bonds is 6. The fourth-order valence-corrected chi connectivity index (χ4v) is 37.0. The van der Waals surface area contributed by atoms with Gasteiger partial charge in [-0.05, 0) is 0 Å². The molecule has 0 bridgehead atoms. The molecule has 2 atom stereocenters. The van der Waals surface area contributed by atoms with Crippen molar-refractivity contribution in [2.45, 2.75) is 22.6 Å². The molecule has 0 radical (unpaired) electrons. The van der Waals surface area contributed by atoms with Crippen LogP contribution in [0.5, 0.6) is 0 Å². The molecule has 0 fully saturated rings. The molecule has 0 spiro atoms. The Labute approximate surface area is 210 Å². The summed E-state index contributed by atoms with van der Waals surface area (Å²) < 4.78 is 6.08. The number of allylic oxidation sites excluding steroid dienone is 2. The van der Waals surface area contributed by atoms with Crippen molar-refractivity contribution in [2.24, 2.45) is 0 Å². The van der Waals surface area contributed by atoms with Gasteiger partial charge in [-0.2, -0.15) is 0 Å². The van der Waals surface area contributed by atoms with E-state index in [-0.39, 0.29) is 0 Å². The summed E-state index contributed by atoms with van der Waals surface area (Å²) >= 11 is -4.21. The Hall–Kier alpha value is -2.90. The zero-order valence-electron chi connectivity index (χ0n) is 20.3. The minimum absolute atomic E-state index is 0.467. The number of hydrogen-bond acceptors (Lipinski definition) is 0. The van der Waals surface area contributed by atoms with Crippen molar-refractivity contribution in [1.82, 2.24) is 0 Å². The monoisotopic (exact) mass is 620 g/mol. The molecule has 35 heavy (non-hydrogen) atoms. The third-order valence-electron chi connectivity index (χ3n) is 8.89. The molecule has 0 aliphatic heterocycles. The minimum atomic E-state index is -4.21. The predicted molar refractivity (Wildman–Crippen MR) is 148 cm³/mol. The average molecular weight is 619 g/mol. The normalized spacial score (nSPS) is 18.3. The number of benzene rings is 4. The van der Waals surface area contributed by atoms with E-state index in [1.165, 1.54) is 41.7 Å². The average Bonchev–Trinajstić information content (AvgIpc) is 3.56. The maximum atomic E-state index is 2.80. The molecule has 0 nitrogen and oxygen atoms in total. The van der Waals surface area contributed by atoms with Crippen molar-refractivity contribution in [2.75, 3.05) is 0 Å². The van der Waals surface area contributed by atoms with Crippen LogP contribution in [-0.2, 0) is 26.4 Å². The second kappa shape index (κ2) is 8.95. The first-order chi connectivity index (χ1) is 17.2. The maximum absolute atomic E-state index is 4.21. The third-order valence-corrected chi connectivity index (χ3v) is 38.5. The van der Waals surface area contributed by atoms with Gasteiger partial charge in [-0.25, -0.2) is 0 Å². The molecular formula is C34H32Hf. The molecule has 0 heterocycles. The SMILES string of the molecule is C[CH]=[Hf]([CH2]c1ccccc1)([CH2]c1ccccc1)([CH]1C=Cc2ccccc21)[CH]1C=Cc2ccccc21. The van der Waals surface area contributed by atoms with Crippen molar-refractivity contribution in [3.05, 3.63) is 155 Å². The summed E-state index contributed by atoms with van der Waals surface area (Å²) in [7, 11) is 0. The molecular weight excluding hydrogens is 587 g/mol. The summed E-state index contributed by atoms with van der Waals surface area (Å²) in [5, 5.41) is 0. The molecule has 0 saturated heterocycles. The van der Waals surface area contributed by atoms with E-state index in [4.69, 9.17) is 0 Å². The van der Waals surface area contributed by atoms with Crippen LogP contribution in [0.4, 0.5) is 0 Å². The second-order valence-corrected chi connectivity index (χ2v) is 33.8. The summed E-state index contributed by atoms with van der Waals surface area (Å²) in [5.74, 6) is 0. The van der Waals surface area contributed by atoms with Crippen molar-refractivity contribution in [3.63, 3.8) is 0 Å². The van der Waals surface area contributed by atoms with Crippen LogP contribution in [0.25, 0.3) is 12.2 Å². The van der Waals surface area contributed by atoms with Crippen LogP contribution >= 0.6 is 0 Å². The molecule has 2 aliphatic carbocycles. The molecule has 2 aliphatic rings. The Morgan fingerprint density at radius 1 is 0.543 bits per heavy atom. The molecule has 2 unspecified atom stereocenters. The Morgan fingerprint density at radius 2 is 0.943 bits per heavy atom. The molecule has 0 saturated carbocycles. The second-order valence-electron chi connectivity index (χ2n) is 10.5. The standard InChI is InChI=1S/2C9H7.2C7H7.C2H4.Hf/c2*1-2-5-9-7-3-6-8(9)4-1;2*1-7-5-3-2-4-6-7;1-2;/h2*1-7H;2*2-6H,1H2;1H,2H3;. The van der Waals surface area contributed by atoms with Crippen molar-refractivity contribution >= 4 is 15.9 Å². The van der Waals surface area contributed by atoms with Crippen LogP contribution in [0.1, 0.15) is 47.7 Å². The van der Waals surface area contributed by atoms with E-state index in [1.54, 1.807) is 0 Å². The molecule has 172 valence electrons. The molecule has 1 heteroatoms. The Kier molecular flexibility index (Phi) is 5.77. The van der Waals surface area contributed by atoms with Gasteiger partial charge >= 0.3 is 211 Å². The fraction of sp³-hybridized carbons (Fsp3) is 0.147. The van der Waals surface area contributed by atoms with Gasteiger partial charge in [0.05, 0.1) is 0 Å². The van der Waals surface area contributed by atoms with Crippen LogP contribution in [0, 0.1) is 0 Å². The fourth-order valence-electron chi connectivity index (χ4n) is 7.24. The van der Waals surface area contributed by atoms with Crippen LogP contribution < -0.4 is 0 Å². The molecule has 4 aromatic rings. The summed E-state index contributed by atoms with van der Waals surface area (Å²) in [4.78, 5) is 0. The van der Waals surface area contributed by atoms with Crippen LogP contribution in [-0.4, -0.2) is 3.76 Å². The topological polar surface area (TPSA) is 0 Å². The van der Waals surface area contributed by atoms with E-state index < -0.39 is 18.0 Å². The van der Waals surface area contributed by atoms with E-state index in [0.717, 1.165) is 0 Å². The molecule has 0 aromatic heterocycles. The number of fused-ring (bicyclic) bond motifs is 2. The third kappa shape index (κ3) is 3.64. The molecule has 6 rings (SSSR count). The van der Waals surface area contributed by atoms with Gasteiger partial charge in [0.2, 0.25) is 0 Å². The van der Waals surface area contributed by atoms with E-state index in [1.807, 2.05) is 0 Å². The van der Waals surface area contributed by atoms with E-state index >= 15 is 0 Å². The quantitative estimate of drug-likeness (QED) is 0.190. The van der Waals surface area contributed by atoms with Crippen LogP contribution in [0.15, 0.2) is 121 Å². The molecule has 0 amide bonds. The van der Waals surface area contributed by atoms with Crippen LogP contribution in [0.3, 0.4) is 0 Å². The first kappa shape index (κ1) is 22.6. The van der Waals surface area contributed by atoms with E-state index in [2.05, 4.69) is 144 Å². The van der Waals surface area contributed by atoms with Crippen LogP contribution in [0.2, 0.25) is 0 Å². The Morgan fingerprint density at radius 3 is 1.37 bits per heavy atom. The van der Waals surface area contributed by atoms with Gasteiger partial charge < -0.3 is 0 Å². The van der Waals surface area contributed by atoms with E-state index in [0.29, 0.717) is 7.35 Å². The van der Waals surface area contributed by atoms with E-state index in [9.17, 15) is 0 Å². The van der Waals surface area contributed by atoms with Gasteiger partial charge in [-0.1, -0.05) is 0 Å². The van der Waals surface area contributed by atoms with Gasteiger partial charge in [0, 0.05) is 0 Å². The predicted octanol–water partition coefficient (Wildman–Crippen LogP) is 8.43. The Balaban J connectivity index is 1.69. The summed E-state index contributed by atoms with van der Waals surface area (Å²) in [6, 6.07) is 40.9. The summed E-state index contributed by atoms with van der Waals surface area (Å²) in [6.45, 7) is 2.41. The van der Waals surface area contributed by atoms with Gasteiger partial charge in [-0.15, -0.1) is 0 Å². The van der Waals surface area contributed by atoms with Gasteiger partial charge in [0.1, 0.15) is 0 Å². The van der Waals surface area contributed by atoms with Crippen molar-refractivity contribution in [1.29, 1.82) is 0 Å². The van der Waals surface area contributed by atoms with Gasteiger partial charge in [0.15, 0.2) is 0 Å². The first-order valence-electron chi connectivity index (χ1n) is 12.8. The van der Waals surface area contributed by atoms with Gasteiger partial charge in [0.25, 0.3) is 0 Å². The zero-order valence-corrected chi connectivity index (χ0v) is 23.9. The zero-order chi connectivity index (χ0) is 23.7. The molecule has 4 aromatic carbocycles. The first-order valence-corrected chi connectivity index (χ1v) is 24.1. The van der Waals surface area contributed by atoms with Gasteiger partial charge in [-0.3, -0.25) is 0 Å². The van der Waals surface area contributed by atoms with Crippen molar-refractivity contribution in [3.8, 4) is 0 Å². The Bertz CT molecular complexity index is 1380. The summed E-state index contributed by atoms with van der Waals surface area (Å²) in [6.07, 6.45) is 9.97. The molecule has 0 N–H and O–H groups in total. The summed E-state index contributed by atoms with van der Waals surface area (Å²) in [5.41, 5.74) is 8.83.